The molecule has 4 saturated carbocycles. The fraction of sp³-hybridized carbons (Fsp3) is 0.875. The molecule has 0 amide bonds. The average molecular weight is 574 g/mol. The minimum Gasteiger partial charge on any atom is -0.456 e. The van der Waals surface area contributed by atoms with Crippen molar-refractivity contribution in [2.45, 2.75) is 120 Å². The Hall–Kier alpha value is -1.52. The van der Waals surface area contributed by atoms with E-state index in [1.54, 1.807) is 19.9 Å². The average Bonchev–Trinajstić information content (AvgIpc) is 3.32. The first-order valence-corrected chi connectivity index (χ1v) is 15.8. The van der Waals surface area contributed by atoms with Crippen molar-refractivity contribution < 1.29 is 39.5 Å². The van der Waals surface area contributed by atoms with E-state index in [1.165, 1.54) is 0 Å². The van der Waals surface area contributed by atoms with Gasteiger partial charge in [0.2, 0.25) is 0 Å². The molecule has 0 unspecified atom stereocenters. The second-order valence-electron chi connectivity index (χ2n) is 15.4. The van der Waals surface area contributed by atoms with Crippen molar-refractivity contribution in [3.63, 3.8) is 0 Å². The Morgan fingerprint density at radius 1 is 1.07 bits per heavy atom. The van der Waals surface area contributed by atoms with Crippen molar-refractivity contribution in [1.29, 1.82) is 0 Å². The molecule has 0 aromatic carbocycles. The van der Waals surface area contributed by atoms with Crippen molar-refractivity contribution in [3.8, 4) is 0 Å². The first-order valence-electron chi connectivity index (χ1n) is 15.8. The highest BCUT2D eigenvalue weighted by molar-refractivity contribution is 5.87. The van der Waals surface area contributed by atoms with Crippen LogP contribution >= 0.6 is 0 Å². The number of carbonyl (C=O) groups is 2. The number of aliphatic hydroxyl groups is 4. The number of rotatable bonds is 2. The van der Waals surface area contributed by atoms with Gasteiger partial charge in [-0.25, -0.2) is 9.59 Å². The summed E-state index contributed by atoms with van der Waals surface area (Å²) in [7, 11) is 0. The third kappa shape index (κ3) is 3.20. The highest BCUT2D eigenvalue weighted by Gasteiger charge is 2.84. The number of fused-ring (bicyclic) bond motifs is 5. The number of esters is 2. The van der Waals surface area contributed by atoms with Crippen molar-refractivity contribution in [3.05, 3.63) is 11.6 Å². The van der Waals surface area contributed by atoms with Crippen LogP contribution in [0.25, 0.3) is 0 Å². The van der Waals surface area contributed by atoms with Gasteiger partial charge in [0.05, 0.1) is 5.60 Å². The lowest BCUT2D eigenvalue weighted by Crippen LogP contribution is -2.77. The van der Waals surface area contributed by atoms with Gasteiger partial charge < -0.3 is 29.9 Å². The van der Waals surface area contributed by atoms with E-state index in [0.717, 1.165) is 19.4 Å². The number of hydrogen-bond donors (Lipinski definition) is 4. The number of carbonyl (C=O) groups excluding carboxylic acids is 2. The van der Waals surface area contributed by atoms with Crippen molar-refractivity contribution in [2.24, 2.45) is 40.9 Å². The van der Waals surface area contributed by atoms with Crippen LogP contribution in [0.3, 0.4) is 0 Å². The summed E-state index contributed by atoms with van der Waals surface area (Å²) in [6, 6.07) is -0.150. The van der Waals surface area contributed by atoms with Crippen LogP contribution in [-0.4, -0.2) is 91.0 Å². The Morgan fingerprint density at radius 3 is 2.49 bits per heavy atom. The Balaban J connectivity index is 1.37. The maximum Gasteiger partial charge on any atom is 0.339 e. The molecule has 9 heteroatoms. The molecule has 41 heavy (non-hydrogen) atoms. The lowest BCUT2D eigenvalue weighted by Gasteiger charge is -2.64. The normalized spacial score (nSPS) is 57.6. The van der Waals surface area contributed by atoms with Crippen LogP contribution in [0.5, 0.6) is 0 Å². The van der Waals surface area contributed by atoms with E-state index in [4.69, 9.17) is 9.47 Å². The Bertz CT molecular complexity index is 1200. The van der Waals surface area contributed by atoms with Crippen LogP contribution < -0.4 is 0 Å². The van der Waals surface area contributed by atoms with Crippen molar-refractivity contribution in [2.75, 3.05) is 13.1 Å². The number of ether oxygens (including phenoxy) is 2. The Labute approximate surface area is 242 Å². The third-order valence-corrected chi connectivity index (χ3v) is 13.8. The van der Waals surface area contributed by atoms with Crippen molar-refractivity contribution >= 4 is 11.9 Å². The molecule has 4 N–H and O–H groups in total. The third-order valence-electron chi connectivity index (χ3n) is 13.8. The number of nitrogens with zero attached hydrogens (tertiary/aromatic N) is 1. The van der Waals surface area contributed by atoms with Crippen molar-refractivity contribution in [1.82, 2.24) is 4.90 Å². The van der Waals surface area contributed by atoms with E-state index < -0.39 is 69.7 Å². The minimum absolute atomic E-state index is 0.150. The molecule has 4 bridgehead atoms. The summed E-state index contributed by atoms with van der Waals surface area (Å²) in [6.07, 6.45) is 3.20. The van der Waals surface area contributed by atoms with E-state index in [2.05, 4.69) is 18.7 Å². The fourth-order valence-electron chi connectivity index (χ4n) is 11.8. The molecule has 4 aliphatic carbocycles. The zero-order chi connectivity index (χ0) is 29.5. The van der Waals surface area contributed by atoms with Gasteiger partial charge in [-0.05, 0) is 83.5 Å². The zero-order valence-electron chi connectivity index (χ0n) is 25.0. The van der Waals surface area contributed by atoms with Crippen LogP contribution in [0.15, 0.2) is 11.6 Å². The van der Waals surface area contributed by atoms with Gasteiger partial charge in [-0.1, -0.05) is 19.9 Å². The molecule has 14 atom stereocenters. The predicted octanol–water partition coefficient (Wildman–Crippen LogP) is 1.94. The smallest absolute Gasteiger partial charge is 0.339 e. The molecule has 3 saturated heterocycles. The van der Waals surface area contributed by atoms with E-state index in [1.807, 2.05) is 6.92 Å². The molecule has 0 radical (unpaired) electrons. The summed E-state index contributed by atoms with van der Waals surface area (Å²) in [5.74, 6) is -2.93. The highest BCUT2D eigenvalue weighted by Crippen LogP contribution is 2.75. The molecular formula is C32H47NO8. The summed E-state index contributed by atoms with van der Waals surface area (Å²) >= 11 is 0. The van der Waals surface area contributed by atoms with Crippen LogP contribution in [0, 0.1) is 40.9 Å². The summed E-state index contributed by atoms with van der Waals surface area (Å²) in [5.41, 5.74) is -5.67. The van der Waals surface area contributed by atoms with E-state index in [9.17, 15) is 30.0 Å². The standard InChI is InChI=1S/C32H47NO8/c1-6-17(3)26(35)40-24-23-18(15-33-14-16(2)7-10-22(33)29(23,5)37)19-13-31-21(32(19,39)25(24)34)9-8-20-28(31,4)11-12-30(20,38)27(36)41-31/h6,16,18-25,34,37-39H,7-15H2,1-5H3/b17-6-/t16-,18-,19-,20-,21+,22-,23+,24+,25-,28-,29+,30-,31+,32-/m0/s1. The van der Waals surface area contributed by atoms with Gasteiger partial charge in [0.25, 0.3) is 0 Å². The molecule has 1 spiro atoms. The molecule has 3 aliphatic heterocycles. The zero-order valence-corrected chi connectivity index (χ0v) is 25.0. The van der Waals surface area contributed by atoms with Gasteiger partial charge in [0.1, 0.15) is 23.4 Å². The molecule has 7 aliphatic rings. The first-order chi connectivity index (χ1) is 19.2. The second-order valence-corrected chi connectivity index (χ2v) is 15.4. The molecule has 0 aromatic heterocycles. The summed E-state index contributed by atoms with van der Waals surface area (Å²) in [4.78, 5) is 29.0. The number of piperidine rings is 2. The SMILES string of the molecule is C/C=C(/C)C(=O)O[C@@H]1[C@H]2[C@@H](CN3C[C@@H](C)CC[C@H]3[C@@]2(C)O)[C@@H]2C[C@]34OC(=O)[C@]5(O)CC[C@@]3(C)[C@@H]5CC[C@H]4[C@]2(O)[C@H]1O. The van der Waals surface area contributed by atoms with E-state index in [-0.39, 0.29) is 17.9 Å². The fourth-order valence-corrected chi connectivity index (χ4v) is 11.8. The quantitative estimate of drug-likeness (QED) is 0.289. The van der Waals surface area contributed by atoms with Gasteiger partial charge in [-0.15, -0.1) is 0 Å². The van der Waals surface area contributed by atoms with Crippen LogP contribution in [0.1, 0.15) is 79.6 Å². The maximum absolute atomic E-state index is 13.4. The van der Waals surface area contributed by atoms with E-state index in [0.29, 0.717) is 50.1 Å². The topological polar surface area (TPSA) is 137 Å². The van der Waals surface area contributed by atoms with Crippen LogP contribution in [0.2, 0.25) is 0 Å². The lowest BCUT2D eigenvalue weighted by atomic mass is 9.50. The summed E-state index contributed by atoms with van der Waals surface area (Å²) in [6.45, 7) is 11.0. The minimum atomic E-state index is -1.69. The van der Waals surface area contributed by atoms with E-state index >= 15 is 0 Å². The molecule has 0 aromatic rings. The number of allylic oxidation sites excluding steroid dienone is 1. The predicted molar refractivity (Wildman–Crippen MR) is 147 cm³/mol. The van der Waals surface area contributed by atoms with Gasteiger partial charge in [-0.3, -0.25) is 4.90 Å². The molecule has 7 rings (SSSR count). The van der Waals surface area contributed by atoms with Gasteiger partial charge in [0, 0.05) is 47.9 Å². The monoisotopic (exact) mass is 573 g/mol. The van der Waals surface area contributed by atoms with Gasteiger partial charge in [0.15, 0.2) is 5.60 Å². The molecular weight excluding hydrogens is 526 g/mol. The summed E-state index contributed by atoms with van der Waals surface area (Å²) < 4.78 is 12.4. The lowest BCUT2D eigenvalue weighted by molar-refractivity contribution is -0.295. The van der Waals surface area contributed by atoms with Crippen LogP contribution in [-0.2, 0) is 19.1 Å². The Kier molecular flexibility index (Phi) is 5.90. The molecule has 228 valence electrons. The first kappa shape index (κ1) is 28.3. The summed E-state index contributed by atoms with van der Waals surface area (Å²) in [5, 5.41) is 48.9. The maximum atomic E-state index is 13.4. The second kappa shape index (κ2) is 8.56. The van der Waals surface area contributed by atoms with Gasteiger partial charge in [-0.2, -0.15) is 0 Å². The van der Waals surface area contributed by atoms with Crippen LogP contribution in [0.4, 0.5) is 0 Å². The molecule has 3 heterocycles. The number of aliphatic hydroxyl groups excluding tert-OH is 1. The number of hydrogen-bond acceptors (Lipinski definition) is 9. The molecule has 9 nitrogen and oxygen atoms in total. The molecule has 7 fully saturated rings. The van der Waals surface area contributed by atoms with Gasteiger partial charge >= 0.3 is 11.9 Å². The Morgan fingerprint density at radius 2 is 1.78 bits per heavy atom. The largest absolute Gasteiger partial charge is 0.456 e. The highest BCUT2D eigenvalue weighted by atomic mass is 16.6.